The molecule has 0 aromatic heterocycles. The smallest absolute Gasteiger partial charge is 0.310 e. The fraction of sp³-hybridized carbons (Fsp3) is 0.588. The van der Waals surface area contributed by atoms with Gasteiger partial charge in [0.05, 0.1) is 5.92 Å². The second-order valence-electron chi connectivity index (χ2n) is 5.77. The average molecular weight is 292 g/mol. The number of rotatable bonds is 9. The summed E-state index contributed by atoms with van der Waals surface area (Å²) in [6.45, 7) is 9.09. The highest BCUT2D eigenvalue weighted by atomic mass is 16.5. The fourth-order valence-corrected chi connectivity index (χ4v) is 1.79. The first-order chi connectivity index (χ1) is 10.0. The number of hydrogen-bond donors (Lipinski definition) is 1. The third kappa shape index (κ3) is 7.25. The Kier molecular flexibility index (Phi) is 8.01. The van der Waals surface area contributed by atoms with Crippen molar-refractivity contribution in [1.29, 1.82) is 0 Å². The molecular weight excluding hydrogens is 264 g/mol. The molecule has 1 unspecified atom stereocenters. The van der Waals surface area contributed by atoms with E-state index in [0.717, 1.165) is 18.7 Å². The molecule has 4 heteroatoms. The van der Waals surface area contributed by atoms with Gasteiger partial charge in [0.2, 0.25) is 0 Å². The predicted molar refractivity (Wildman–Crippen MR) is 86.0 cm³/mol. The molecule has 1 aromatic carbocycles. The summed E-state index contributed by atoms with van der Waals surface area (Å²) in [6.07, 6.45) is 0. The van der Waals surface area contributed by atoms with E-state index in [2.05, 4.69) is 31.1 Å². The Labute approximate surface area is 128 Å². The molecule has 0 saturated heterocycles. The lowest BCUT2D eigenvalue weighted by atomic mass is 10.2. The molecule has 0 aliphatic heterocycles. The van der Waals surface area contributed by atoms with E-state index < -0.39 is 0 Å². The number of hydrogen-bond acceptors (Lipinski definition) is 4. The van der Waals surface area contributed by atoms with E-state index in [0.29, 0.717) is 19.2 Å². The summed E-state index contributed by atoms with van der Waals surface area (Å²) in [5, 5.41) is 3.31. The molecular formula is C17H28N2O2. The van der Waals surface area contributed by atoms with Crippen molar-refractivity contribution in [2.24, 2.45) is 5.92 Å². The maximum Gasteiger partial charge on any atom is 0.310 e. The van der Waals surface area contributed by atoms with Crippen LogP contribution >= 0.6 is 0 Å². The summed E-state index contributed by atoms with van der Waals surface area (Å²) in [4.78, 5) is 14.1. The maximum atomic E-state index is 11.9. The van der Waals surface area contributed by atoms with Gasteiger partial charge < -0.3 is 15.0 Å². The molecule has 0 fully saturated rings. The number of esters is 1. The number of benzene rings is 1. The highest BCUT2D eigenvalue weighted by Crippen LogP contribution is 2.04. The molecule has 1 rings (SSSR count). The molecule has 0 spiro atoms. The standard InChI is InChI=1S/C17H28N2O2/c1-14(2)19(4)11-10-18-12-15(3)17(20)21-13-16-8-6-5-7-9-16/h5-9,14-15,18H,10-13H2,1-4H3. The van der Waals surface area contributed by atoms with Gasteiger partial charge in [-0.25, -0.2) is 0 Å². The third-order valence-corrected chi connectivity index (χ3v) is 3.60. The van der Waals surface area contributed by atoms with Gasteiger partial charge in [-0.2, -0.15) is 0 Å². The normalized spacial score (nSPS) is 12.7. The highest BCUT2D eigenvalue weighted by Gasteiger charge is 2.14. The zero-order valence-electron chi connectivity index (χ0n) is 13.6. The Hall–Kier alpha value is -1.39. The molecule has 1 atom stereocenters. The van der Waals surface area contributed by atoms with Gasteiger partial charge in [-0.3, -0.25) is 4.79 Å². The molecule has 4 nitrogen and oxygen atoms in total. The molecule has 0 aliphatic rings. The van der Waals surface area contributed by atoms with Crippen LogP contribution in [-0.2, 0) is 16.1 Å². The summed E-state index contributed by atoms with van der Waals surface area (Å²) >= 11 is 0. The van der Waals surface area contributed by atoms with Crippen LogP contribution in [0.25, 0.3) is 0 Å². The summed E-state index contributed by atoms with van der Waals surface area (Å²) in [6, 6.07) is 10.3. The zero-order chi connectivity index (χ0) is 15.7. The van der Waals surface area contributed by atoms with Crippen LogP contribution in [0.5, 0.6) is 0 Å². The van der Waals surface area contributed by atoms with Gasteiger partial charge in [0.25, 0.3) is 0 Å². The minimum absolute atomic E-state index is 0.127. The van der Waals surface area contributed by atoms with Gasteiger partial charge in [0, 0.05) is 25.7 Å². The van der Waals surface area contributed by atoms with Crippen molar-refractivity contribution < 1.29 is 9.53 Å². The first kappa shape index (κ1) is 17.7. The van der Waals surface area contributed by atoms with Crippen molar-refractivity contribution in [2.75, 3.05) is 26.7 Å². The summed E-state index contributed by atoms with van der Waals surface area (Å²) in [5.74, 6) is -0.276. The van der Waals surface area contributed by atoms with E-state index in [1.165, 1.54) is 0 Å². The van der Waals surface area contributed by atoms with Gasteiger partial charge in [-0.15, -0.1) is 0 Å². The largest absolute Gasteiger partial charge is 0.461 e. The number of likely N-dealkylation sites (N-methyl/N-ethyl adjacent to an activating group) is 1. The minimum Gasteiger partial charge on any atom is -0.461 e. The van der Waals surface area contributed by atoms with Crippen molar-refractivity contribution in [3.05, 3.63) is 35.9 Å². The topological polar surface area (TPSA) is 41.6 Å². The lowest BCUT2D eigenvalue weighted by Crippen LogP contribution is -2.36. The van der Waals surface area contributed by atoms with Crippen molar-refractivity contribution >= 4 is 5.97 Å². The third-order valence-electron chi connectivity index (χ3n) is 3.60. The maximum absolute atomic E-state index is 11.9. The number of carbonyl (C=O) groups excluding carboxylic acids is 1. The molecule has 21 heavy (non-hydrogen) atoms. The van der Waals surface area contributed by atoms with Gasteiger partial charge in [-0.05, 0) is 26.5 Å². The molecule has 0 radical (unpaired) electrons. The monoisotopic (exact) mass is 292 g/mol. The van der Waals surface area contributed by atoms with Gasteiger partial charge in [0.1, 0.15) is 6.61 Å². The van der Waals surface area contributed by atoms with Gasteiger partial charge in [-0.1, -0.05) is 37.3 Å². The van der Waals surface area contributed by atoms with Crippen molar-refractivity contribution in [1.82, 2.24) is 10.2 Å². The summed E-state index contributed by atoms with van der Waals surface area (Å²) in [5.41, 5.74) is 1.02. The second-order valence-corrected chi connectivity index (χ2v) is 5.77. The summed E-state index contributed by atoms with van der Waals surface area (Å²) < 4.78 is 5.32. The van der Waals surface area contributed by atoms with Crippen molar-refractivity contribution in [3.8, 4) is 0 Å². The van der Waals surface area contributed by atoms with Gasteiger partial charge in [0.15, 0.2) is 0 Å². The minimum atomic E-state index is -0.149. The Morgan fingerprint density at radius 1 is 1.24 bits per heavy atom. The number of nitrogens with zero attached hydrogens (tertiary/aromatic N) is 1. The number of ether oxygens (including phenoxy) is 1. The second kappa shape index (κ2) is 9.53. The van der Waals surface area contributed by atoms with E-state index in [4.69, 9.17) is 4.74 Å². The molecule has 0 amide bonds. The van der Waals surface area contributed by atoms with E-state index in [9.17, 15) is 4.79 Å². The molecule has 118 valence electrons. The van der Waals surface area contributed by atoms with E-state index in [-0.39, 0.29) is 11.9 Å². The molecule has 1 N–H and O–H groups in total. The number of carbonyl (C=O) groups is 1. The van der Waals surface area contributed by atoms with Crippen molar-refractivity contribution in [2.45, 2.75) is 33.4 Å². The van der Waals surface area contributed by atoms with Crippen molar-refractivity contribution in [3.63, 3.8) is 0 Å². The van der Waals surface area contributed by atoms with E-state index in [1.54, 1.807) is 0 Å². The Bertz CT molecular complexity index is 407. The van der Waals surface area contributed by atoms with Crippen LogP contribution in [0.1, 0.15) is 26.3 Å². The first-order valence-corrected chi connectivity index (χ1v) is 7.62. The molecule has 0 aliphatic carbocycles. The van der Waals surface area contributed by atoms with Crippen LogP contribution in [0.15, 0.2) is 30.3 Å². The Morgan fingerprint density at radius 2 is 1.90 bits per heavy atom. The Balaban J connectivity index is 2.16. The molecule has 0 bridgehead atoms. The fourth-order valence-electron chi connectivity index (χ4n) is 1.79. The lowest BCUT2D eigenvalue weighted by Gasteiger charge is -2.21. The zero-order valence-corrected chi connectivity index (χ0v) is 13.6. The van der Waals surface area contributed by atoms with Crippen LogP contribution in [0.3, 0.4) is 0 Å². The predicted octanol–water partition coefficient (Wildman–Crippen LogP) is 2.30. The SMILES string of the molecule is CC(CNCCN(C)C(C)C)C(=O)OCc1ccccc1. The van der Waals surface area contributed by atoms with Crippen LogP contribution < -0.4 is 5.32 Å². The van der Waals surface area contributed by atoms with Crippen LogP contribution in [0.2, 0.25) is 0 Å². The lowest BCUT2D eigenvalue weighted by molar-refractivity contribution is -0.149. The van der Waals surface area contributed by atoms with Crippen LogP contribution in [0, 0.1) is 5.92 Å². The average Bonchev–Trinajstić information content (AvgIpc) is 2.49. The van der Waals surface area contributed by atoms with Crippen LogP contribution in [0.4, 0.5) is 0 Å². The highest BCUT2D eigenvalue weighted by molar-refractivity contribution is 5.72. The number of nitrogens with one attached hydrogen (secondary N) is 1. The quantitative estimate of drug-likeness (QED) is 0.560. The molecule has 1 aromatic rings. The molecule has 0 heterocycles. The molecule has 0 saturated carbocycles. The van der Waals surface area contributed by atoms with E-state index in [1.807, 2.05) is 37.3 Å². The van der Waals surface area contributed by atoms with E-state index >= 15 is 0 Å². The summed E-state index contributed by atoms with van der Waals surface area (Å²) in [7, 11) is 2.10. The van der Waals surface area contributed by atoms with Crippen LogP contribution in [-0.4, -0.2) is 43.6 Å². The Morgan fingerprint density at radius 3 is 2.52 bits per heavy atom. The first-order valence-electron chi connectivity index (χ1n) is 7.62. The van der Waals surface area contributed by atoms with Gasteiger partial charge >= 0.3 is 5.97 Å².